The Morgan fingerprint density at radius 2 is 1.09 bits per heavy atom. The van der Waals surface area contributed by atoms with Gasteiger partial charge in [-0.3, -0.25) is 9.59 Å². The lowest BCUT2D eigenvalue weighted by atomic mass is 9.85. The summed E-state index contributed by atoms with van der Waals surface area (Å²) in [5.41, 5.74) is 6.60. The average molecular weight is 770 g/mol. The maximum Gasteiger partial charge on any atom is 0.220 e. The molecule has 4 N–H and O–H groups in total. The highest BCUT2D eigenvalue weighted by molar-refractivity contribution is 6.39. The van der Waals surface area contributed by atoms with Gasteiger partial charge in [0.05, 0.1) is 35.7 Å². The number of nitrogens with zero attached hydrogens (tertiary/aromatic N) is 2. The molecule has 4 unspecified atom stereocenters. The lowest BCUT2D eigenvalue weighted by Gasteiger charge is -2.21. The summed E-state index contributed by atoms with van der Waals surface area (Å²) in [4.78, 5) is 33.5. The van der Waals surface area contributed by atoms with Crippen molar-refractivity contribution in [2.45, 2.75) is 76.5 Å². The molecule has 2 aromatic carbocycles. The molecule has 2 aliphatic carbocycles. The van der Waals surface area contributed by atoms with Gasteiger partial charge in [0.25, 0.3) is 0 Å². The van der Waals surface area contributed by atoms with Crippen LogP contribution in [0.5, 0.6) is 11.8 Å². The third kappa shape index (κ3) is 7.29. The smallest absolute Gasteiger partial charge is 0.220 e. The van der Waals surface area contributed by atoms with Crippen LogP contribution in [0.4, 0.5) is 0 Å². The molecule has 2 amide bonds. The molecule has 4 atom stereocenters. The summed E-state index contributed by atoms with van der Waals surface area (Å²) >= 11 is 14.3. The highest BCUT2D eigenvalue weighted by Gasteiger charge is 2.45. The Balaban J connectivity index is 0.976. The molecule has 10 nitrogen and oxygen atoms in total. The first-order chi connectivity index (χ1) is 26.2. The number of benzene rings is 2. The Hall–Kier alpha value is -4.22. The summed E-state index contributed by atoms with van der Waals surface area (Å²) in [6.45, 7) is 2.80. The van der Waals surface area contributed by atoms with Gasteiger partial charge in [0.15, 0.2) is 0 Å². The number of rotatable bonds is 11. The van der Waals surface area contributed by atoms with Gasteiger partial charge in [0.1, 0.15) is 0 Å². The summed E-state index contributed by atoms with van der Waals surface area (Å²) in [6.07, 6.45) is 7.44. The molecule has 2 aliphatic heterocycles. The molecule has 2 aromatic heterocycles. The monoisotopic (exact) mass is 768 g/mol. The predicted molar refractivity (Wildman–Crippen MR) is 211 cm³/mol. The summed E-state index contributed by atoms with van der Waals surface area (Å²) in [7, 11) is 3.27. The maximum atomic E-state index is 11.9. The predicted octanol–water partition coefficient (Wildman–Crippen LogP) is 7.10. The minimum atomic E-state index is 0.0915. The number of hydrogen-bond acceptors (Lipinski definition) is 8. The fourth-order valence-corrected chi connectivity index (χ4v) is 9.80. The second kappa shape index (κ2) is 15.1. The Morgan fingerprint density at radius 3 is 1.48 bits per heavy atom. The van der Waals surface area contributed by atoms with Crippen LogP contribution in [0.1, 0.15) is 62.5 Å². The van der Waals surface area contributed by atoms with Crippen molar-refractivity contribution in [3.63, 3.8) is 0 Å². The Labute approximate surface area is 326 Å². The van der Waals surface area contributed by atoms with E-state index < -0.39 is 0 Å². The van der Waals surface area contributed by atoms with Gasteiger partial charge < -0.3 is 30.7 Å². The molecule has 0 bridgehead atoms. The van der Waals surface area contributed by atoms with Crippen molar-refractivity contribution < 1.29 is 19.1 Å². The Kier molecular flexibility index (Phi) is 10.3. The second-order valence-corrected chi connectivity index (χ2v) is 16.4. The van der Waals surface area contributed by atoms with E-state index in [1.807, 2.05) is 60.7 Å². The minimum absolute atomic E-state index is 0.0915. The maximum absolute atomic E-state index is 11.9. The van der Waals surface area contributed by atoms with Crippen LogP contribution in [-0.2, 0) is 22.7 Å². The largest absolute Gasteiger partial charge is 0.481 e. The van der Waals surface area contributed by atoms with Crippen molar-refractivity contribution in [3.8, 4) is 45.4 Å². The molecule has 8 rings (SSSR count). The highest BCUT2D eigenvalue weighted by Crippen LogP contribution is 2.45. The van der Waals surface area contributed by atoms with Gasteiger partial charge in [-0.15, -0.1) is 0 Å². The number of aromatic nitrogens is 2. The molecular formula is C42H46Cl2N6O4. The van der Waals surface area contributed by atoms with Gasteiger partial charge in [-0.05, 0) is 61.5 Å². The number of amides is 2. The minimum Gasteiger partial charge on any atom is -0.481 e. The van der Waals surface area contributed by atoms with Crippen molar-refractivity contribution in [2.24, 2.45) is 10.8 Å². The van der Waals surface area contributed by atoms with Gasteiger partial charge in [0, 0.05) is 84.5 Å². The van der Waals surface area contributed by atoms with E-state index in [9.17, 15) is 9.59 Å². The van der Waals surface area contributed by atoms with Crippen molar-refractivity contribution in [1.82, 2.24) is 31.2 Å². The quantitative estimate of drug-likeness (QED) is 0.127. The number of nitrogens with one attached hydrogen (secondary N) is 4. The van der Waals surface area contributed by atoms with Crippen LogP contribution in [-0.4, -0.2) is 61.2 Å². The van der Waals surface area contributed by atoms with E-state index in [0.29, 0.717) is 71.2 Å². The molecule has 2 saturated heterocycles. The van der Waals surface area contributed by atoms with Gasteiger partial charge >= 0.3 is 0 Å². The van der Waals surface area contributed by atoms with Crippen LogP contribution < -0.4 is 30.7 Å². The normalized spacial score (nSPS) is 24.7. The second-order valence-electron chi connectivity index (χ2n) is 15.6. The number of halogens is 2. The van der Waals surface area contributed by atoms with E-state index in [1.165, 1.54) is 0 Å². The van der Waals surface area contributed by atoms with E-state index in [2.05, 4.69) is 21.3 Å². The third-order valence-electron chi connectivity index (χ3n) is 12.1. The van der Waals surface area contributed by atoms with Gasteiger partial charge in [-0.2, -0.15) is 0 Å². The molecule has 4 aromatic rings. The summed E-state index contributed by atoms with van der Waals surface area (Å²) < 4.78 is 11.5. The SMILES string of the molecule is COc1nc(-c2cccc(-c3cccc(-c4ccc(CNC5CCC6(CNC(=O)C6)C5)c(OC)n4)c3Cl)c2Cl)ccc1CNC1CCC2(CNC(=O)C2)C1. The first-order valence-electron chi connectivity index (χ1n) is 18.8. The highest BCUT2D eigenvalue weighted by atomic mass is 35.5. The van der Waals surface area contributed by atoms with Crippen molar-refractivity contribution in [1.29, 1.82) is 0 Å². The van der Waals surface area contributed by atoms with Crippen LogP contribution >= 0.6 is 23.2 Å². The van der Waals surface area contributed by atoms with Gasteiger partial charge in [-0.25, -0.2) is 9.97 Å². The molecule has 4 aliphatic rings. The lowest BCUT2D eigenvalue weighted by Crippen LogP contribution is -2.29. The zero-order valence-electron chi connectivity index (χ0n) is 30.7. The number of carbonyl (C=O) groups excluding carboxylic acids is 2. The Morgan fingerprint density at radius 1 is 0.667 bits per heavy atom. The van der Waals surface area contributed by atoms with E-state index in [4.69, 9.17) is 42.6 Å². The summed E-state index contributed by atoms with van der Waals surface area (Å²) in [5, 5.41) is 14.4. The van der Waals surface area contributed by atoms with Crippen LogP contribution in [0.25, 0.3) is 33.6 Å². The fraction of sp³-hybridized carbons (Fsp3) is 0.429. The standard InChI is InChI=1S/C42H46Cl2N6O4/c1-53-39-25(21-45-27-13-15-41(17-27)19-35(51)47-23-41)9-11-33(49-39)31-7-3-5-29(37(31)43)30-6-4-8-32(38(30)44)34-12-10-26(40(50-34)54-2)22-46-28-14-16-42(18-28)20-36(52)48-24-42/h3-12,27-28,45-46H,13-24H2,1-2H3,(H,47,51)(H,48,52). The zero-order valence-corrected chi connectivity index (χ0v) is 32.2. The average Bonchev–Trinajstić information content (AvgIpc) is 3.97. The molecule has 4 fully saturated rings. The van der Waals surface area contributed by atoms with Crippen molar-refractivity contribution in [2.75, 3.05) is 27.3 Å². The molecule has 12 heteroatoms. The number of pyridine rings is 2. The molecule has 2 spiro atoms. The molecule has 2 saturated carbocycles. The summed E-state index contributed by atoms with van der Waals surface area (Å²) in [6, 6.07) is 20.4. The number of methoxy groups -OCH3 is 2. The van der Waals surface area contributed by atoms with E-state index in [0.717, 1.165) is 85.0 Å². The summed E-state index contributed by atoms with van der Waals surface area (Å²) in [5.74, 6) is 1.41. The van der Waals surface area contributed by atoms with E-state index >= 15 is 0 Å². The molecular weight excluding hydrogens is 723 g/mol. The first-order valence-corrected chi connectivity index (χ1v) is 19.6. The molecule has 4 heterocycles. The fourth-order valence-electron chi connectivity index (χ4n) is 9.15. The van der Waals surface area contributed by atoms with E-state index in [-0.39, 0.29) is 22.6 Å². The number of ether oxygens (including phenoxy) is 2. The van der Waals surface area contributed by atoms with Crippen LogP contribution in [0.3, 0.4) is 0 Å². The first kappa shape index (κ1) is 36.7. The van der Waals surface area contributed by atoms with Crippen LogP contribution in [0.15, 0.2) is 60.7 Å². The topological polar surface area (TPSA) is 126 Å². The molecule has 54 heavy (non-hydrogen) atoms. The third-order valence-corrected chi connectivity index (χ3v) is 12.9. The van der Waals surface area contributed by atoms with Gasteiger partial charge in [-0.1, -0.05) is 71.7 Å². The van der Waals surface area contributed by atoms with Crippen molar-refractivity contribution >= 4 is 35.0 Å². The molecule has 282 valence electrons. The number of hydrogen-bond donors (Lipinski definition) is 4. The molecule has 0 radical (unpaired) electrons. The van der Waals surface area contributed by atoms with Gasteiger partial charge in [0.2, 0.25) is 23.6 Å². The van der Waals surface area contributed by atoms with Crippen molar-refractivity contribution in [3.05, 3.63) is 81.8 Å². The Bertz CT molecular complexity index is 1950. The number of carbonyl (C=O) groups is 2. The van der Waals surface area contributed by atoms with Crippen LogP contribution in [0.2, 0.25) is 10.0 Å². The lowest BCUT2D eigenvalue weighted by molar-refractivity contribution is -0.120. The zero-order chi connectivity index (χ0) is 37.5. The van der Waals surface area contributed by atoms with E-state index in [1.54, 1.807) is 14.2 Å². The van der Waals surface area contributed by atoms with Crippen LogP contribution in [0, 0.1) is 10.8 Å².